The summed E-state index contributed by atoms with van der Waals surface area (Å²) in [5, 5.41) is 40.2. The van der Waals surface area contributed by atoms with Crippen molar-refractivity contribution in [3.63, 3.8) is 0 Å². The van der Waals surface area contributed by atoms with Gasteiger partial charge in [-0.1, -0.05) is 11.6 Å². The highest BCUT2D eigenvalue weighted by Crippen LogP contribution is 2.39. The number of halogens is 1. The SMILES string of the molecule is CC1=CC(=C(c2cc(C)c(O)c(C(=O)O)c2)c2ccc([N+](=O)[O-])cc2Cl)C=C(C(=O)O)C1=O. The zero-order valence-electron chi connectivity index (χ0n) is 17.2. The predicted molar refractivity (Wildman–Crippen MR) is 118 cm³/mol. The van der Waals surface area contributed by atoms with Crippen molar-refractivity contribution in [1.29, 1.82) is 0 Å². The number of carbonyl (C=O) groups is 3. The van der Waals surface area contributed by atoms with E-state index in [1.54, 1.807) is 0 Å². The molecule has 0 aromatic heterocycles. The molecule has 2 aromatic carbocycles. The number of nitrogens with zero attached hydrogens (tertiary/aromatic N) is 1. The number of nitro benzene ring substituents is 1. The lowest BCUT2D eigenvalue weighted by Gasteiger charge is -2.19. The monoisotopic (exact) mass is 469 g/mol. The van der Waals surface area contributed by atoms with Crippen LogP contribution in [0.1, 0.15) is 34.0 Å². The fourth-order valence-corrected chi connectivity index (χ4v) is 3.73. The van der Waals surface area contributed by atoms with Crippen molar-refractivity contribution in [2.24, 2.45) is 0 Å². The first kappa shape index (κ1) is 23.4. The van der Waals surface area contributed by atoms with E-state index < -0.39 is 39.5 Å². The van der Waals surface area contributed by atoms with Crippen molar-refractivity contribution in [2.75, 3.05) is 0 Å². The van der Waals surface area contributed by atoms with Gasteiger partial charge in [0.15, 0.2) is 5.78 Å². The quantitative estimate of drug-likeness (QED) is 0.332. The van der Waals surface area contributed by atoms with Crippen LogP contribution in [0.4, 0.5) is 5.69 Å². The first-order valence-electron chi connectivity index (χ1n) is 9.36. The van der Waals surface area contributed by atoms with Crippen molar-refractivity contribution in [3.8, 4) is 5.75 Å². The number of aromatic hydroxyl groups is 1. The van der Waals surface area contributed by atoms with Gasteiger partial charge in [0.1, 0.15) is 16.9 Å². The molecule has 0 amide bonds. The van der Waals surface area contributed by atoms with Crippen LogP contribution in [0.3, 0.4) is 0 Å². The molecule has 9 nitrogen and oxygen atoms in total. The standard InChI is InChI=1S/C23H16ClNO8/c1-10-5-12(7-16(20(10)26)22(28)29)19(15-4-3-14(25(32)33)9-18(15)24)13-6-11(2)21(27)17(8-13)23(30)31/h3-9,26H,1-2H3,(H,28,29)(H,30,31). The summed E-state index contributed by atoms with van der Waals surface area (Å²) < 4.78 is 0. The van der Waals surface area contributed by atoms with Gasteiger partial charge in [0.05, 0.1) is 9.95 Å². The Bertz CT molecular complexity index is 1350. The topological polar surface area (TPSA) is 155 Å². The second kappa shape index (κ2) is 8.71. The maximum absolute atomic E-state index is 12.3. The number of phenols is 1. The summed E-state index contributed by atoms with van der Waals surface area (Å²) in [5.74, 6) is -3.98. The number of ketones is 1. The molecule has 1 aliphatic rings. The summed E-state index contributed by atoms with van der Waals surface area (Å²) in [5.41, 5.74) is 0.0725. The van der Waals surface area contributed by atoms with Crippen molar-refractivity contribution >= 4 is 40.6 Å². The molecule has 0 saturated carbocycles. The van der Waals surface area contributed by atoms with Gasteiger partial charge in [-0.2, -0.15) is 0 Å². The largest absolute Gasteiger partial charge is 0.507 e. The summed E-state index contributed by atoms with van der Waals surface area (Å²) in [6.07, 6.45) is 2.55. The molecule has 0 spiro atoms. The van der Waals surface area contributed by atoms with E-state index in [1.165, 1.54) is 44.2 Å². The third-order valence-corrected chi connectivity index (χ3v) is 5.36. The molecule has 0 saturated heterocycles. The molecule has 10 heteroatoms. The van der Waals surface area contributed by atoms with Crippen molar-refractivity contribution in [3.05, 3.63) is 96.6 Å². The van der Waals surface area contributed by atoms with Crippen molar-refractivity contribution in [1.82, 2.24) is 0 Å². The van der Waals surface area contributed by atoms with Gasteiger partial charge in [-0.05, 0) is 72.0 Å². The maximum atomic E-state index is 12.3. The Balaban J connectivity index is 2.46. The lowest BCUT2D eigenvalue weighted by atomic mass is 9.85. The van der Waals surface area contributed by atoms with Crippen LogP contribution in [-0.4, -0.2) is 38.0 Å². The number of carboxylic acid groups (broad SMARTS) is 2. The van der Waals surface area contributed by atoms with Gasteiger partial charge in [-0.15, -0.1) is 0 Å². The molecule has 3 N–H and O–H groups in total. The van der Waals surface area contributed by atoms with Crippen LogP contribution in [0.5, 0.6) is 5.75 Å². The van der Waals surface area contributed by atoms with E-state index in [0.29, 0.717) is 0 Å². The number of hydrogen-bond donors (Lipinski definition) is 3. The van der Waals surface area contributed by atoms with E-state index in [-0.39, 0.29) is 44.1 Å². The molecule has 0 heterocycles. The van der Waals surface area contributed by atoms with Crippen LogP contribution in [0.25, 0.3) is 5.57 Å². The third-order valence-electron chi connectivity index (χ3n) is 5.05. The van der Waals surface area contributed by atoms with Gasteiger partial charge < -0.3 is 15.3 Å². The van der Waals surface area contributed by atoms with E-state index >= 15 is 0 Å². The second-order valence-corrected chi connectivity index (χ2v) is 7.67. The van der Waals surface area contributed by atoms with Gasteiger partial charge in [-0.3, -0.25) is 14.9 Å². The number of aromatic carboxylic acids is 1. The van der Waals surface area contributed by atoms with Crippen molar-refractivity contribution in [2.45, 2.75) is 13.8 Å². The van der Waals surface area contributed by atoms with Gasteiger partial charge >= 0.3 is 11.9 Å². The highest BCUT2D eigenvalue weighted by molar-refractivity contribution is 6.33. The van der Waals surface area contributed by atoms with Gasteiger partial charge in [-0.25, -0.2) is 9.59 Å². The van der Waals surface area contributed by atoms with E-state index in [2.05, 4.69) is 0 Å². The molecule has 1 aliphatic carbocycles. The minimum atomic E-state index is -1.45. The third kappa shape index (κ3) is 4.39. The molecule has 0 unspecified atom stereocenters. The number of hydrogen-bond acceptors (Lipinski definition) is 6. The molecule has 33 heavy (non-hydrogen) atoms. The van der Waals surface area contributed by atoms with Gasteiger partial charge in [0.25, 0.3) is 5.69 Å². The minimum absolute atomic E-state index is 0.0532. The highest BCUT2D eigenvalue weighted by Gasteiger charge is 2.26. The van der Waals surface area contributed by atoms with Gasteiger partial charge in [0.2, 0.25) is 0 Å². The first-order chi connectivity index (χ1) is 15.4. The molecule has 168 valence electrons. The number of nitro groups is 1. The number of carbonyl (C=O) groups excluding carboxylic acids is 1. The molecule has 0 atom stereocenters. The first-order valence-corrected chi connectivity index (χ1v) is 9.74. The van der Waals surface area contributed by atoms with Crippen molar-refractivity contribution < 1.29 is 34.6 Å². The summed E-state index contributed by atoms with van der Waals surface area (Å²) in [6.45, 7) is 2.91. The minimum Gasteiger partial charge on any atom is -0.507 e. The van der Waals surface area contributed by atoms with Crippen LogP contribution < -0.4 is 0 Å². The maximum Gasteiger partial charge on any atom is 0.339 e. The lowest BCUT2D eigenvalue weighted by molar-refractivity contribution is -0.384. The Morgan fingerprint density at radius 2 is 1.67 bits per heavy atom. The second-order valence-electron chi connectivity index (χ2n) is 7.27. The summed E-state index contributed by atoms with van der Waals surface area (Å²) in [7, 11) is 0. The van der Waals surface area contributed by atoms with Crippen LogP contribution >= 0.6 is 11.6 Å². The Morgan fingerprint density at radius 1 is 1.00 bits per heavy atom. The smallest absolute Gasteiger partial charge is 0.339 e. The Morgan fingerprint density at radius 3 is 2.21 bits per heavy atom. The summed E-state index contributed by atoms with van der Waals surface area (Å²) in [6, 6.07) is 6.29. The average molecular weight is 470 g/mol. The van der Waals surface area contributed by atoms with E-state index in [4.69, 9.17) is 11.6 Å². The van der Waals surface area contributed by atoms with Crippen LogP contribution in [0.15, 0.2) is 59.2 Å². The summed E-state index contributed by atoms with van der Waals surface area (Å²) in [4.78, 5) is 46.1. The zero-order chi connectivity index (χ0) is 24.6. The number of benzene rings is 2. The Labute approximate surface area is 191 Å². The molecular formula is C23H16ClNO8. The highest BCUT2D eigenvalue weighted by atomic mass is 35.5. The average Bonchev–Trinajstić information content (AvgIpc) is 2.73. The lowest BCUT2D eigenvalue weighted by Crippen LogP contribution is -2.17. The molecule has 0 bridgehead atoms. The number of aliphatic carboxylic acids is 1. The molecular weight excluding hydrogens is 454 g/mol. The molecule has 3 rings (SSSR count). The molecule has 0 fully saturated rings. The number of non-ortho nitro benzene ring substituents is 1. The molecule has 2 aromatic rings. The van der Waals surface area contributed by atoms with Crippen LogP contribution in [0.2, 0.25) is 5.02 Å². The van der Waals surface area contributed by atoms with E-state index in [0.717, 1.165) is 12.1 Å². The summed E-state index contributed by atoms with van der Waals surface area (Å²) >= 11 is 6.35. The van der Waals surface area contributed by atoms with E-state index in [9.17, 15) is 39.8 Å². The number of aryl methyl sites for hydroxylation is 1. The van der Waals surface area contributed by atoms with Crippen LogP contribution in [0, 0.1) is 17.0 Å². The Kier molecular flexibility index (Phi) is 6.19. The number of Topliss-reactive ketones (excluding diaryl/α,β-unsaturated/α-hetero) is 1. The number of rotatable bonds is 5. The fourth-order valence-electron chi connectivity index (χ4n) is 3.46. The van der Waals surface area contributed by atoms with Gasteiger partial charge in [0, 0.05) is 17.7 Å². The molecule has 0 radical (unpaired) electrons. The number of carboxylic acids is 2. The zero-order valence-corrected chi connectivity index (χ0v) is 18.0. The van der Waals surface area contributed by atoms with Crippen LogP contribution in [-0.2, 0) is 9.59 Å². The Hall–Kier alpha value is -4.24. The molecule has 0 aliphatic heterocycles. The fraction of sp³-hybridized carbons (Fsp3) is 0.0870. The van der Waals surface area contributed by atoms with E-state index in [1.807, 2.05) is 0 Å². The normalized spacial score (nSPS) is 14.9. The predicted octanol–water partition coefficient (Wildman–Crippen LogP) is 4.30. The number of allylic oxidation sites excluding steroid dienone is 4.